The topological polar surface area (TPSA) is 84.8 Å². The lowest BCUT2D eigenvalue weighted by molar-refractivity contribution is 0.313. The van der Waals surface area contributed by atoms with E-state index in [0.29, 0.717) is 40.5 Å². The number of hydrogen-bond acceptors (Lipinski definition) is 8. The highest BCUT2D eigenvalue weighted by molar-refractivity contribution is 5.91. The zero-order chi connectivity index (χ0) is 25.9. The average Bonchev–Trinajstić information content (AvgIpc) is 2.94. The highest BCUT2D eigenvalue weighted by Gasteiger charge is 2.16. The van der Waals surface area contributed by atoms with Crippen LogP contribution in [0.25, 0.3) is 22.2 Å². The molecule has 0 spiro atoms. The molecule has 0 saturated carbocycles. The molecule has 9 heteroatoms. The largest absolute Gasteiger partial charge is 0.493 e. The summed E-state index contributed by atoms with van der Waals surface area (Å²) in [4.78, 5) is 27.1. The molecule has 5 rings (SSSR count). The standard InChI is InChI=1S/C28H32N6O3/c1-32-11-13-34(14-12-32)21-8-5-19(6-9-21)17-29-27-26-23(30-18-33(2)28(26)35)16-22(31-27)20-7-10-24(36-3)25(15-20)37-4/h5-10,15-16,18H,11-14,17H2,1-4H3,(H,29,31). The molecular formula is C28H32N6O3. The molecule has 4 aromatic rings. The van der Waals surface area contributed by atoms with E-state index in [2.05, 4.69) is 51.4 Å². The van der Waals surface area contributed by atoms with Gasteiger partial charge in [0.15, 0.2) is 11.5 Å². The number of fused-ring (bicyclic) bond motifs is 1. The molecule has 0 atom stereocenters. The molecule has 3 heterocycles. The number of nitrogens with one attached hydrogen (secondary N) is 1. The summed E-state index contributed by atoms with van der Waals surface area (Å²) in [6, 6.07) is 16.0. The van der Waals surface area contributed by atoms with Crippen LogP contribution in [-0.2, 0) is 13.6 Å². The molecule has 1 fully saturated rings. The number of aromatic nitrogens is 3. The van der Waals surface area contributed by atoms with Crippen molar-refractivity contribution >= 4 is 22.4 Å². The summed E-state index contributed by atoms with van der Waals surface area (Å²) in [5.41, 5.74) is 4.28. The van der Waals surface area contributed by atoms with E-state index in [4.69, 9.17) is 14.5 Å². The second-order valence-corrected chi connectivity index (χ2v) is 9.29. The highest BCUT2D eigenvalue weighted by Crippen LogP contribution is 2.33. The molecule has 2 aromatic heterocycles. The first-order valence-corrected chi connectivity index (χ1v) is 12.3. The molecular weight excluding hydrogens is 468 g/mol. The summed E-state index contributed by atoms with van der Waals surface area (Å²) in [6.07, 6.45) is 1.53. The Hall–Kier alpha value is -4.11. The van der Waals surface area contributed by atoms with Crippen LogP contribution in [0.5, 0.6) is 11.5 Å². The number of rotatable bonds is 7. The van der Waals surface area contributed by atoms with Gasteiger partial charge >= 0.3 is 0 Å². The number of hydrogen-bond donors (Lipinski definition) is 1. The predicted octanol–water partition coefficient (Wildman–Crippen LogP) is 3.38. The number of anilines is 2. The molecule has 1 N–H and O–H groups in total. The van der Waals surface area contributed by atoms with Crippen LogP contribution >= 0.6 is 0 Å². The number of nitrogens with zero attached hydrogens (tertiary/aromatic N) is 5. The van der Waals surface area contributed by atoms with Crippen LogP contribution in [0.2, 0.25) is 0 Å². The Kier molecular flexibility index (Phi) is 6.96. The summed E-state index contributed by atoms with van der Waals surface area (Å²) in [6.45, 7) is 4.73. The lowest BCUT2D eigenvalue weighted by Crippen LogP contribution is -2.44. The molecule has 2 aromatic carbocycles. The molecule has 0 unspecified atom stereocenters. The quantitative estimate of drug-likeness (QED) is 0.414. The van der Waals surface area contributed by atoms with Gasteiger partial charge in [-0.1, -0.05) is 12.1 Å². The molecule has 37 heavy (non-hydrogen) atoms. The Balaban J connectivity index is 1.45. The van der Waals surface area contributed by atoms with Gasteiger partial charge in [-0.15, -0.1) is 0 Å². The van der Waals surface area contributed by atoms with Crippen molar-refractivity contribution in [1.82, 2.24) is 19.4 Å². The van der Waals surface area contributed by atoms with E-state index in [1.54, 1.807) is 21.3 Å². The number of aryl methyl sites for hydroxylation is 1. The van der Waals surface area contributed by atoms with Gasteiger partial charge in [0, 0.05) is 51.0 Å². The first-order chi connectivity index (χ1) is 18.0. The Morgan fingerprint density at radius 1 is 0.919 bits per heavy atom. The number of ether oxygens (including phenoxy) is 2. The summed E-state index contributed by atoms with van der Waals surface area (Å²) in [5, 5.41) is 3.86. The van der Waals surface area contributed by atoms with Crippen LogP contribution in [0.1, 0.15) is 5.56 Å². The number of benzene rings is 2. The van der Waals surface area contributed by atoms with Gasteiger partial charge in [0.1, 0.15) is 11.2 Å². The van der Waals surface area contributed by atoms with E-state index in [1.165, 1.54) is 16.6 Å². The van der Waals surface area contributed by atoms with E-state index in [-0.39, 0.29) is 5.56 Å². The molecule has 1 aliphatic heterocycles. The Labute approximate surface area is 216 Å². The first kappa shape index (κ1) is 24.6. The third-order valence-corrected chi connectivity index (χ3v) is 6.85. The second kappa shape index (κ2) is 10.5. The minimum atomic E-state index is -0.149. The van der Waals surface area contributed by atoms with Crippen LogP contribution in [0.3, 0.4) is 0 Å². The van der Waals surface area contributed by atoms with Gasteiger partial charge in [-0.25, -0.2) is 9.97 Å². The lowest BCUT2D eigenvalue weighted by Gasteiger charge is -2.34. The fourth-order valence-corrected chi connectivity index (χ4v) is 4.57. The summed E-state index contributed by atoms with van der Waals surface area (Å²) < 4.78 is 12.3. The molecule has 9 nitrogen and oxygen atoms in total. The molecule has 0 radical (unpaired) electrons. The second-order valence-electron chi connectivity index (χ2n) is 9.29. The van der Waals surface area contributed by atoms with Crippen LogP contribution in [0, 0.1) is 0 Å². The number of likely N-dealkylation sites (N-methyl/N-ethyl adjacent to an activating group) is 1. The van der Waals surface area contributed by atoms with Crippen LogP contribution < -0.4 is 25.2 Å². The zero-order valence-electron chi connectivity index (χ0n) is 21.7. The lowest BCUT2D eigenvalue weighted by atomic mass is 10.1. The maximum atomic E-state index is 13.0. The van der Waals surface area contributed by atoms with E-state index >= 15 is 0 Å². The van der Waals surface area contributed by atoms with Gasteiger partial charge in [0.05, 0.1) is 31.8 Å². The summed E-state index contributed by atoms with van der Waals surface area (Å²) in [5.74, 6) is 1.74. The first-order valence-electron chi connectivity index (χ1n) is 12.3. The van der Waals surface area contributed by atoms with Crippen LogP contribution in [-0.4, -0.2) is 66.9 Å². The van der Waals surface area contributed by atoms with Gasteiger partial charge in [-0.05, 0) is 49.0 Å². The third-order valence-electron chi connectivity index (χ3n) is 6.85. The van der Waals surface area contributed by atoms with Crippen molar-refractivity contribution in [3.63, 3.8) is 0 Å². The Morgan fingerprint density at radius 3 is 2.35 bits per heavy atom. The van der Waals surface area contributed by atoms with Crippen molar-refractivity contribution in [2.45, 2.75) is 6.54 Å². The van der Waals surface area contributed by atoms with Crippen molar-refractivity contribution in [2.24, 2.45) is 7.05 Å². The molecule has 1 saturated heterocycles. The van der Waals surface area contributed by atoms with E-state index in [1.807, 2.05) is 24.3 Å². The van der Waals surface area contributed by atoms with Crippen molar-refractivity contribution in [3.05, 3.63) is 70.8 Å². The molecule has 192 valence electrons. The van der Waals surface area contributed by atoms with Crippen LogP contribution in [0.4, 0.5) is 11.5 Å². The van der Waals surface area contributed by atoms with Gasteiger partial charge in [0.25, 0.3) is 5.56 Å². The Bertz CT molecular complexity index is 1460. The van der Waals surface area contributed by atoms with Gasteiger partial charge < -0.3 is 29.2 Å². The molecule has 0 bridgehead atoms. The van der Waals surface area contributed by atoms with Gasteiger partial charge in [-0.2, -0.15) is 0 Å². The average molecular weight is 501 g/mol. The summed E-state index contributed by atoms with van der Waals surface area (Å²) in [7, 11) is 7.05. The fraction of sp³-hybridized carbons (Fsp3) is 0.321. The number of methoxy groups -OCH3 is 2. The zero-order valence-corrected chi connectivity index (χ0v) is 21.7. The smallest absolute Gasteiger partial charge is 0.264 e. The van der Waals surface area contributed by atoms with Crippen molar-refractivity contribution < 1.29 is 9.47 Å². The molecule has 0 amide bonds. The van der Waals surface area contributed by atoms with Crippen molar-refractivity contribution in [1.29, 1.82) is 0 Å². The monoisotopic (exact) mass is 500 g/mol. The van der Waals surface area contributed by atoms with E-state index in [9.17, 15) is 4.79 Å². The molecule has 1 aliphatic rings. The third kappa shape index (κ3) is 5.08. The normalized spacial score (nSPS) is 14.1. The predicted molar refractivity (Wildman–Crippen MR) is 147 cm³/mol. The maximum Gasteiger partial charge on any atom is 0.264 e. The van der Waals surface area contributed by atoms with Gasteiger partial charge in [-0.3, -0.25) is 4.79 Å². The summed E-state index contributed by atoms with van der Waals surface area (Å²) >= 11 is 0. The van der Waals surface area contributed by atoms with E-state index in [0.717, 1.165) is 37.3 Å². The van der Waals surface area contributed by atoms with Gasteiger partial charge in [0.2, 0.25) is 0 Å². The van der Waals surface area contributed by atoms with Crippen LogP contribution in [0.15, 0.2) is 59.7 Å². The number of piperazine rings is 1. The molecule has 0 aliphatic carbocycles. The maximum absolute atomic E-state index is 13.0. The fourth-order valence-electron chi connectivity index (χ4n) is 4.57. The Morgan fingerprint density at radius 2 is 1.65 bits per heavy atom. The van der Waals surface area contributed by atoms with Crippen molar-refractivity contribution in [3.8, 4) is 22.8 Å². The highest BCUT2D eigenvalue weighted by atomic mass is 16.5. The van der Waals surface area contributed by atoms with E-state index < -0.39 is 0 Å². The SMILES string of the molecule is COc1ccc(-c2cc3ncn(C)c(=O)c3c(NCc3ccc(N4CCN(C)CC4)cc3)n2)cc1OC. The minimum Gasteiger partial charge on any atom is -0.493 e. The van der Waals surface area contributed by atoms with Crippen molar-refractivity contribution in [2.75, 3.05) is 57.7 Å². The number of pyridine rings is 1. The minimum absolute atomic E-state index is 0.149.